The lowest BCUT2D eigenvalue weighted by atomic mass is 10.2. The molecule has 0 unspecified atom stereocenters. The molecule has 0 atom stereocenters. The Morgan fingerprint density at radius 3 is 2.75 bits per heavy atom. The molecule has 2 aromatic heterocycles. The standard InChI is InChI=1S/C15H13N3O2/c1-10-6-7-11(20-10)8-9-14-16-15(18-17-14)12-4-2-3-5-13(12)19/h2-9,19H,1H3,(H,16,17,18). The summed E-state index contributed by atoms with van der Waals surface area (Å²) in [6.45, 7) is 1.89. The van der Waals surface area contributed by atoms with Crippen LogP contribution < -0.4 is 0 Å². The Morgan fingerprint density at radius 2 is 2.00 bits per heavy atom. The zero-order valence-corrected chi connectivity index (χ0v) is 10.9. The molecule has 0 saturated carbocycles. The molecule has 1 aromatic carbocycles. The number of aromatic hydroxyl groups is 1. The number of phenolic OH excluding ortho intramolecular Hbond substituents is 1. The van der Waals surface area contributed by atoms with Gasteiger partial charge in [0.15, 0.2) is 5.82 Å². The van der Waals surface area contributed by atoms with Gasteiger partial charge in [-0.2, -0.15) is 5.10 Å². The van der Waals surface area contributed by atoms with E-state index in [4.69, 9.17) is 4.42 Å². The van der Waals surface area contributed by atoms with Crippen LogP contribution in [0.5, 0.6) is 5.75 Å². The fourth-order valence-corrected chi connectivity index (χ4v) is 1.84. The zero-order valence-electron chi connectivity index (χ0n) is 10.9. The molecule has 3 rings (SSSR count). The van der Waals surface area contributed by atoms with Crippen molar-refractivity contribution in [3.63, 3.8) is 0 Å². The number of H-pyrrole nitrogens is 1. The third kappa shape index (κ3) is 2.47. The van der Waals surface area contributed by atoms with Crippen molar-refractivity contribution in [2.75, 3.05) is 0 Å². The van der Waals surface area contributed by atoms with Crippen molar-refractivity contribution in [2.24, 2.45) is 0 Å². The third-order valence-corrected chi connectivity index (χ3v) is 2.81. The smallest absolute Gasteiger partial charge is 0.185 e. The Bertz CT molecular complexity index is 756. The molecular weight excluding hydrogens is 254 g/mol. The predicted octanol–water partition coefficient (Wildman–Crippen LogP) is 3.25. The van der Waals surface area contributed by atoms with Gasteiger partial charge in [-0.05, 0) is 43.3 Å². The van der Waals surface area contributed by atoms with E-state index in [-0.39, 0.29) is 5.75 Å². The van der Waals surface area contributed by atoms with E-state index < -0.39 is 0 Å². The van der Waals surface area contributed by atoms with Gasteiger partial charge in [0.25, 0.3) is 0 Å². The summed E-state index contributed by atoms with van der Waals surface area (Å²) in [7, 11) is 0. The zero-order chi connectivity index (χ0) is 13.9. The predicted molar refractivity (Wildman–Crippen MR) is 75.9 cm³/mol. The quantitative estimate of drug-likeness (QED) is 0.763. The molecule has 0 saturated heterocycles. The number of furan rings is 1. The molecule has 2 heterocycles. The van der Waals surface area contributed by atoms with Gasteiger partial charge < -0.3 is 9.52 Å². The average molecular weight is 267 g/mol. The van der Waals surface area contributed by atoms with Crippen LogP contribution in [0.4, 0.5) is 0 Å². The Kier molecular flexibility index (Phi) is 3.09. The van der Waals surface area contributed by atoms with E-state index in [0.29, 0.717) is 17.2 Å². The molecule has 0 spiro atoms. The first-order chi connectivity index (χ1) is 9.72. The highest BCUT2D eigenvalue weighted by molar-refractivity contribution is 5.67. The molecule has 5 nitrogen and oxygen atoms in total. The van der Waals surface area contributed by atoms with E-state index in [2.05, 4.69) is 15.2 Å². The number of hydrogen-bond acceptors (Lipinski definition) is 4. The maximum absolute atomic E-state index is 9.76. The number of nitrogens with zero attached hydrogens (tertiary/aromatic N) is 2. The first-order valence-corrected chi connectivity index (χ1v) is 6.17. The molecule has 0 fully saturated rings. The Labute approximate surface area is 115 Å². The molecule has 5 heteroatoms. The fraction of sp³-hybridized carbons (Fsp3) is 0.0667. The lowest BCUT2D eigenvalue weighted by Gasteiger charge is -1.97. The van der Waals surface area contributed by atoms with Crippen molar-refractivity contribution in [3.05, 3.63) is 53.7 Å². The number of hydrogen-bond donors (Lipinski definition) is 2. The van der Waals surface area contributed by atoms with Gasteiger partial charge in [0.1, 0.15) is 23.1 Å². The van der Waals surface area contributed by atoms with E-state index in [1.165, 1.54) is 0 Å². The van der Waals surface area contributed by atoms with Crippen molar-refractivity contribution in [1.82, 2.24) is 15.2 Å². The summed E-state index contributed by atoms with van der Waals surface area (Å²) in [6.07, 6.45) is 3.58. The highest BCUT2D eigenvalue weighted by Gasteiger charge is 2.08. The Morgan fingerprint density at radius 1 is 1.15 bits per heavy atom. The van der Waals surface area contributed by atoms with Crippen LogP contribution in [0, 0.1) is 6.92 Å². The molecule has 3 aromatic rings. The van der Waals surface area contributed by atoms with Gasteiger partial charge in [-0.3, -0.25) is 5.10 Å². The van der Waals surface area contributed by atoms with Crippen molar-refractivity contribution in [1.29, 1.82) is 0 Å². The molecule has 100 valence electrons. The topological polar surface area (TPSA) is 74.9 Å². The SMILES string of the molecule is Cc1ccc(C=Cc2nc(-c3ccccc3O)n[nH]2)o1. The van der Waals surface area contributed by atoms with Crippen LogP contribution in [0.25, 0.3) is 23.5 Å². The first-order valence-electron chi connectivity index (χ1n) is 6.17. The molecule has 2 N–H and O–H groups in total. The average Bonchev–Trinajstić information content (AvgIpc) is 3.06. The van der Waals surface area contributed by atoms with Gasteiger partial charge in [0.05, 0.1) is 5.56 Å². The van der Waals surface area contributed by atoms with Crippen molar-refractivity contribution < 1.29 is 9.52 Å². The third-order valence-electron chi connectivity index (χ3n) is 2.81. The molecule has 0 amide bonds. The molecular formula is C15H13N3O2. The summed E-state index contributed by atoms with van der Waals surface area (Å²) in [5, 5.41) is 16.7. The van der Waals surface area contributed by atoms with E-state index in [0.717, 1.165) is 11.5 Å². The molecule has 0 aliphatic carbocycles. The lowest BCUT2D eigenvalue weighted by molar-refractivity contribution is 0.477. The van der Waals surface area contributed by atoms with Crippen LogP contribution >= 0.6 is 0 Å². The molecule has 0 aliphatic heterocycles. The minimum Gasteiger partial charge on any atom is -0.507 e. The monoisotopic (exact) mass is 267 g/mol. The number of rotatable bonds is 3. The summed E-state index contributed by atoms with van der Waals surface area (Å²) in [5.74, 6) is 2.82. The van der Waals surface area contributed by atoms with Crippen LogP contribution in [-0.4, -0.2) is 20.3 Å². The second kappa shape index (κ2) is 5.05. The Balaban J connectivity index is 1.84. The minimum absolute atomic E-state index is 0.156. The van der Waals surface area contributed by atoms with E-state index in [1.54, 1.807) is 24.3 Å². The van der Waals surface area contributed by atoms with Gasteiger partial charge >= 0.3 is 0 Å². The maximum Gasteiger partial charge on any atom is 0.185 e. The lowest BCUT2D eigenvalue weighted by Crippen LogP contribution is -1.81. The second-order valence-corrected chi connectivity index (χ2v) is 4.34. The summed E-state index contributed by atoms with van der Waals surface area (Å²) in [6, 6.07) is 10.7. The summed E-state index contributed by atoms with van der Waals surface area (Å²) < 4.78 is 5.43. The normalized spacial score (nSPS) is 11.2. The fourth-order valence-electron chi connectivity index (χ4n) is 1.84. The molecule has 0 aliphatic rings. The number of aromatic amines is 1. The minimum atomic E-state index is 0.156. The van der Waals surface area contributed by atoms with Crippen molar-refractivity contribution >= 4 is 12.2 Å². The summed E-state index contributed by atoms with van der Waals surface area (Å²) in [5.41, 5.74) is 0.595. The number of phenols is 1. The highest BCUT2D eigenvalue weighted by atomic mass is 16.3. The van der Waals surface area contributed by atoms with Gasteiger partial charge in [-0.25, -0.2) is 4.98 Å². The van der Waals surface area contributed by atoms with Crippen LogP contribution in [-0.2, 0) is 0 Å². The van der Waals surface area contributed by atoms with Crippen molar-refractivity contribution in [2.45, 2.75) is 6.92 Å². The second-order valence-electron chi connectivity index (χ2n) is 4.34. The molecule has 20 heavy (non-hydrogen) atoms. The van der Waals surface area contributed by atoms with E-state index >= 15 is 0 Å². The summed E-state index contributed by atoms with van der Waals surface area (Å²) >= 11 is 0. The number of aromatic nitrogens is 3. The number of nitrogens with one attached hydrogen (secondary N) is 1. The van der Waals surface area contributed by atoms with Crippen LogP contribution in [0.3, 0.4) is 0 Å². The molecule has 0 bridgehead atoms. The number of para-hydroxylation sites is 1. The first kappa shape index (κ1) is 12.2. The maximum atomic E-state index is 9.76. The van der Waals surface area contributed by atoms with E-state index in [1.807, 2.05) is 31.2 Å². The number of aryl methyl sites for hydroxylation is 1. The molecule has 0 radical (unpaired) electrons. The van der Waals surface area contributed by atoms with Crippen LogP contribution in [0.1, 0.15) is 17.3 Å². The van der Waals surface area contributed by atoms with Gasteiger partial charge in [0, 0.05) is 0 Å². The van der Waals surface area contributed by atoms with Crippen LogP contribution in [0.2, 0.25) is 0 Å². The Hall–Kier alpha value is -2.82. The van der Waals surface area contributed by atoms with Gasteiger partial charge in [-0.15, -0.1) is 0 Å². The van der Waals surface area contributed by atoms with Gasteiger partial charge in [-0.1, -0.05) is 12.1 Å². The van der Waals surface area contributed by atoms with E-state index in [9.17, 15) is 5.11 Å². The van der Waals surface area contributed by atoms with Gasteiger partial charge in [0.2, 0.25) is 0 Å². The summed E-state index contributed by atoms with van der Waals surface area (Å²) in [4.78, 5) is 4.31. The number of benzene rings is 1. The van der Waals surface area contributed by atoms with Crippen LogP contribution in [0.15, 0.2) is 40.8 Å². The van der Waals surface area contributed by atoms with Crippen molar-refractivity contribution in [3.8, 4) is 17.1 Å². The highest BCUT2D eigenvalue weighted by Crippen LogP contribution is 2.25. The largest absolute Gasteiger partial charge is 0.507 e.